The zero-order valence-corrected chi connectivity index (χ0v) is 16.2. The van der Waals surface area contributed by atoms with Crippen LogP contribution in [0.3, 0.4) is 0 Å². The van der Waals surface area contributed by atoms with Gasteiger partial charge in [-0.15, -0.1) is 0 Å². The summed E-state index contributed by atoms with van der Waals surface area (Å²) in [4.78, 5) is 12.9. The average molecular weight is 376 g/mol. The van der Waals surface area contributed by atoms with E-state index in [2.05, 4.69) is 5.32 Å². The number of nitrogens with one attached hydrogen (secondary N) is 1. The Bertz CT molecular complexity index is 864. The average Bonchev–Trinajstić information content (AvgIpc) is 2.63. The third-order valence-corrected chi connectivity index (χ3v) is 5.95. The molecule has 26 heavy (non-hydrogen) atoms. The molecule has 2 aromatic rings. The number of amides is 1. The minimum Gasteiger partial charge on any atom is -0.495 e. The van der Waals surface area contributed by atoms with Crippen LogP contribution in [0.1, 0.15) is 24.8 Å². The SMILES string of the molecule is CC[C@@H](C(=O)Nc1cc(S(=O)(=O)N(C)C)ccc1OC)c1ccccc1. The smallest absolute Gasteiger partial charge is 0.242 e. The van der Waals surface area contributed by atoms with E-state index in [9.17, 15) is 13.2 Å². The number of sulfonamides is 1. The van der Waals surface area contributed by atoms with Crippen LogP contribution >= 0.6 is 0 Å². The maximum atomic E-state index is 12.8. The van der Waals surface area contributed by atoms with E-state index in [0.29, 0.717) is 17.9 Å². The van der Waals surface area contributed by atoms with Gasteiger partial charge in [-0.25, -0.2) is 12.7 Å². The van der Waals surface area contributed by atoms with Crippen LogP contribution < -0.4 is 10.1 Å². The Morgan fingerprint density at radius 3 is 2.35 bits per heavy atom. The summed E-state index contributed by atoms with van der Waals surface area (Å²) < 4.78 is 31.1. The largest absolute Gasteiger partial charge is 0.495 e. The summed E-state index contributed by atoms with van der Waals surface area (Å²) in [6.07, 6.45) is 0.619. The topological polar surface area (TPSA) is 75.7 Å². The molecule has 6 nitrogen and oxygen atoms in total. The number of rotatable bonds is 7. The van der Waals surface area contributed by atoms with Crippen molar-refractivity contribution in [2.24, 2.45) is 0 Å². The van der Waals surface area contributed by atoms with Crippen molar-refractivity contribution in [3.63, 3.8) is 0 Å². The summed E-state index contributed by atoms with van der Waals surface area (Å²) in [5.74, 6) is -0.148. The van der Waals surface area contributed by atoms with Gasteiger partial charge in [0.1, 0.15) is 5.75 Å². The number of hydrogen-bond donors (Lipinski definition) is 1. The molecule has 0 fully saturated rings. The summed E-state index contributed by atoms with van der Waals surface area (Å²) in [5, 5.41) is 2.82. The van der Waals surface area contributed by atoms with Crippen LogP contribution in [0.25, 0.3) is 0 Å². The van der Waals surface area contributed by atoms with Crippen molar-refractivity contribution in [3.05, 3.63) is 54.1 Å². The van der Waals surface area contributed by atoms with E-state index in [1.165, 1.54) is 39.4 Å². The van der Waals surface area contributed by atoms with Crippen molar-refractivity contribution >= 4 is 21.6 Å². The molecule has 1 atom stereocenters. The van der Waals surface area contributed by atoms with E-state index in [1.54, 1.807) is 0 Å². The second kappa shape index (κ2) is 8.33. The number of carbonyl (C=O) groups is 1. The highest BCUT2D eigenvalue weighted by molar-refractivity contribution is 7.89. The first-order valence-electron chi connectivity index (χ1n) is 8.27. The van der Waals surface area contributed by atoms with E-state index < -0.39 is 10.0 Å². The third kappa shape index (κ3) is 4.23. The number of ether oxygens (including phenoxy) is 1. The van der Waals surface area contributed by atoms with E-state index in [0.717, 1.165) is 9.87 Å². The fourth-order valence-electron chi connectivity index (χ4n) is 2.63. The second-order valence-corrected chi connectivity index (χ2v) is 8.16. The van der Waals surface area contributed by atoms with Crippen LogP contribution in [-0.2, 0) is 14.8 Å². The quantitative estimate of drug-likeness (QED) is 0.806. The highest BCUT2D eigenvalue weighted by Gasteiger charge is 2.23. The molecule has 0 aromatic heterocycles. The molecule has 0 saturated heterocycles. The predicted molar refractivity (Wildman–Crippen MR) is 102 cm³/mol. The molecule has 1 N–H and O–H groups in total. The fraction of sp³-hybridized carbons (Fsp3) is 0.316. The second-order valence-electron chi connectivity index (χ2n) is 6.01. The lowest BCUT2D eigenvalue weighted by Gasteiger charge is -2.18. The Morgan fingerprint density at radius 2 is 1.81 bits per heavy atom. The van der Waals surface area contributed by atoms with Gasteiger partial charge in [0, 0.05) is 14.1 Å². The zero-order chi connectivity index (χ0) is 19.3. The Hall–Kier alpha value is -2.38. The molecule has 2 aromatic carbocycles. The lowest BCUT2D eigenvalue weighted by atomic mass is 9.95. The van der Waals surface area contributed by atoms with Crippen molar-refractivity contribution in [1.82, 2.24) is 4.31 Å². The first-order valence-corrected chi connectivity index (χ1v) is 9.71. The van der Waals surface area contributed by atoms with Crippen molar-refractivity contribution in [2.45, 2.75) is 24.2 Å². The first kappa shape index (κ1) is 19.9. The minimum atomic E-state index is -3.61. The van der Waals surface area contributed by atoms with Crippen LogP contribution in [0.4, 0.5) is 5.69 Å². The minimum absolute atomic E-state index is 0.0892. The fourth-order valence-corrected chi connectivity index (χ4v) is 3.56. The van der Waals surface area contributed by atoms with Crippen LogP contribution in [0.2, 0.25) is 0 Å². The van der Waals surface area contributed by atoms with Crippen LogP contribution in [-0.4, -0.2) is 39.8 Å². The number of methoxy groups -OCH3 is 1. The van der Waals surface area contributed by atoms with Gasteiger partial charge in [-0.1, -0.05) is 37.3 Å². The normalized spacial score (nSPS) is 12.7. The Balaban J connectivity index is 2.36. The number of nitrogens with zero attached hydrogens (tertiary/aromatic N) is 1. The molecule has 0 unspecified atom stereocenters. The highest BCUT2D eigenvalue weighted by atomic mass is 32.2. The number of benzene rings is 2. The van der Waals surface area contributed by atoms with Gasteiger partial charge in [0.05, 0.1) is 23.6 Å². The summed E-state index contributed by atoms with van der Waals surface area (Å²) >= 11 is 0. The van der Waals surface area contributed by atoms with E-state index in [4.69, 9.17) is 4.74 Å². The van der Waals surface area contributed by atoms with Crippen LogP contribution in [0.5, 0.6) is 5.75 Å². The lowest BCUT2D eigenvalue weighted by Crippen LogP contribution is -2.23. The Morgan fingerprint density at radius 1 is 1.15 bits per heavy atom. The molecule has 0 saturated carbocycles. The van der Waals surface area contributed by atoms with E-state index >= 15 is 0 Å². The maximum absolute atomic E-state index is 12.8. The van der Waals surface area contributed by atoms with E-state index in [-0.39, 0.29) is 16.7 Å². The van der Waals surface area contributed by atoms with Crippen molar-refractivity contribution in [1.29, 1.82) is 0 Å². The molecule has 0 aliphatic carbocycles. The van der Waals surface area contributed by atoms with Gasteiger partial charge in [-0.2, -0.15) is 0 Å². The van der Waals surface area contributed by atoms with E-state index in [1.807, 2.05) is 37.3 Å². The van der Waals surface area contributed by atoms with Crippen molar-refractivity contribution < 1.29 is 17.9 Å². The molecule has 140 valence electrons. The molecule has 0 bridgehead atoms. The summed E-state index contributed by atoms with van der Waals surface area (Å²) in [6, 6.07) is 13.9. The number of hydrogen-bond acceptors (Lipinski definition) is 4. The third-order valence-electron chi connectivity index (χ3n) is 4.13. The van der Waals surface area contributed by atoms with Crippen LogP contribution in [0.15, 0.2) is 53.4 Å². The molecule has 0 aliphatic heterocycles. The Kier molecular flexibility index (Phi) is 6.39. The molecule has 2 rings (SSSR count). The molecule has 0 radical (unpaired) electrons. The Labute approximate surface area is 154 Å². The molecule has 0 heterocycles. The van der Waals surface area contributed by atoms with Gasteiger partial charge in [-0.3, -0.25) is 4.79 Å². The van der Waals surface area contributed by atoms with Crippen LogP contribution in [0, 0.1) is 0 Å². The van der Waals surface area contributed by atoms with Crippen molar-refractivity contribution in [2.75, 3.05) is 26.5 Å². The maximum Gasteiger partial charge on any atom is 0.242 e. The van der Waals surface area contributed by atoms with Gasteiger partial charge in [0.25, 0.3) is 0 Å². The molecular weight excluding hydrogens is 352 g/mol. The molecule has 0 spiro atoms. The summed E-state index contributed by atoms with van der Waals surface area (Å²) in [7, 11) is 0.778. The number of anilines is 1. The number of carbonyl (C=O) groups excluding carboxylic acids is 1. The zero-order valence-electron chi connectivity index (χ0n) is 15.4. The van der Waals surface area contributed by atoms with Gasteiger partial charge in [-0.05, 0) is 30.2 Å². The standard InChI is InChI=1S/C19H24N2O4S/c1-5-16(14-9-7-6-8-10-14)19(22)20-17-13-15(11-12-18(17)25-4)26(23,24)21(2)3/h6-13,16H,5H2,1-4H3,(H,20,22)/t16-/m1/s1. The first-order chi connectivity index (χ1) is 12.3. The lowest BCUT2D eigenvalue weighted by molar-refractivity contribution is -0.117. The summed E-state index contributed by atoms with van der Waals surface area (Å²) in [6.45, 7) is 1.93. The highest BCUT2D eigenvalue weighted by Crippen LogP contribution is 2.30. The molecule has 0 aliphatic rings. The van der Waals surface area contributed by atoms with Gasteiger partial charge in [0.2, 0.25) is 15.9 Å². The van der Waals surface area contributed by atoms with Gasteiger partial charge >= 0.3 is 0 Å². The van der Waals surface area contributed by atoms with Gasteiger partial charge < -0.3 is 10.1 Å². The monoisotopic (exact) mass is 376 g/mol. The molecular formula is C19H24N2O4S. The predicted octanol–water partition coefficient (Wildman–Crippen LogP) is 3.08. The summed E-state index contributed by atoms with van der Waals surface area (Å²) in [5.41, 5.74) is 1.23. The molecule has 1 amide bonds. The van der Waals surface area contributed by atoms with Gasteiger partial charge in [0.15, 0.2) is 0 Å². The van der Waals surface area contributed by atoms with Crippen molar-refractivity contribution in [3.8, 4) is 5.75 Å². The molecule has 7 heteroatoms.